The summed E-state index contributed by atoms with van der Waals surface area (Å²) in [5.74, 6) is -1.65. The lowest BCUT2D eigenvalue weighted by Gasteiger charge is -2.36. The van der Waals surface area contributed by atoms with E-state index in [0.29, 0.717) is 12.8 Å². The van der Waals surface area contributed by atoms with E-state index < -0.39 is 12.1 Å². The third-order valence-corrected chi connectivity index (χ3v) is 5.62. The average Bonchev–Trinajstić information content (AvgIpc) is 2.60. The Morgan fingerprint density at radius 1 is 1.32 bits per heavy atom. The van der Waals surface area contributed by atoms with Gasteiger partial charge in [-0.15, -0.1) is 0 Å². The molecule has 1 aromatic heterocycles. The molecule has 0 aliphatic heterocycles. The number of ether oxygens (including phenoxy) is 1. The Morgan fingerprint density at radius 2 is 2.11 bits per heavy atom. The molecule has 28 heavy (non-hydrogen) atoms. The molecule has 0 amide bonds. The zero-order valence-electron chi connectivity index (χ0n) is 15.5. The van der Waals surface area contributed by atoms with Crippen LogP contribution in [0.3, 0.4) is 0 Å². The second-order valence-corrected chi connectivity index (χ2v) is 7.72. The first-order valence-electron chi connectivity index (χ1n) is 9.34. The average molecular weight is 390 g/mol. The highest BCUT2D eigenvalue weighted by Gasteiger charge is 2.41. The molecule has 2 N–H and O–H groups in total. The Morgan fingerprint density at radius 3 is 2.86 bits per heavy atom. The molecular formula is C21H21F3N2O2. The topological polar surface area (TPSA) is 65.2 Å². The fourth-order valence-corrected chi connectivity index (χ4v) is 4.47. The van der Waals surface area contributed by atoms with Gasteiger partial charge in [-0.05, 0) is 49.7 Å². The molecule has 4 rings (SSSR count). The van der Waals surface area contributed by atoms with Gasteiger partial charge in [-0.3, -0.25) is 4.98 Å². The fourth-order valence-electron chi connectivity index (χ4n) is 4.47. The summed E-state index contributed by atoms with van der Waals surface area (Å²) in [4.78, 5) is 15.7. The number of pyridine rings is 1. The maximum absolute atomic E-state index is 12.3. The molecule has 1 aromatic carbocycles. The number of nitrogens with zero attached hydrogens (tertiary/aromatic N) is 1. The molecule has 2 bridgehead atoms. The smallest absolute Gasteiger partial charge is 0.459 e. The Bertz CT molecular complexity index is 982. The van der Waals surface area contributed by atoms with E-state index in [1.54, 1.807) is 0 Å². The Balaban J connectivity index is 1.54. The first kappa shape index (κ1) is 18.8. The minimum absolute atomic E-state index is 0.199. The number of nitrogen functional groups attached to an aromatic ring is 1. The molecule has 1 heterocycles. The maximum atomic E-state index is 12.3. The Labute approximate surface area is 160 Å². The van der Waals surface area contributed by atoms with Crippen LogP contribution in [-0.4, -0.2) is 23.7 Å². The summed E-state index contributed by atoms with van der Waals surface area (Å²) in [5.41, 5.74) is 12.4. The zero-order valence-corrected chi connectivity index (χ0v) is 15.5. The van der Waals surface area contributed by atoms with E-state index in [4.69, 9.17) is 10.7 Å². The molecule has 0 radical (unpaired) electrons. The van der Waals surface area contributed by atoms with Crippen LogP contribution >= 0.6 is 0 Å². The predicted octanol–water partition coefficient (Wildman–Crippen LogP) is 4.60. The molecule has 0 fully saturated rings. The number of aromatic nitrogens is 1. The van der Waals surface area contributed by atoms with Gasteiger partial charge in [0.25, 0.3) is 0 Å². The van der Waals surface area contributed by atoms with Crippen LogP contribution in [0.2, 0.25) is 0 Å². The minimum Gasteiger partial charge on any atom is -0.459 e. The number of alkyl halides is 3. The number of fused-ring (bicyclic) bond motifs is 5. The van der Waals surface area contributed by atoms with Crippen molar-refractivity contribution in [3.8, 4) is 0 Å². The molecule has 2 atom stereocenters. The normalized spacial score (nSPS) is 21.2. The molecule has 7 heteroatoms. The van der Waals surface area contributed by atoms with E-state index in [2.05, 4.69) is 10.8 Å². The van der Waals surface area contributed by atoms with Crippen molar-refractivity contribution in [3.05, 3.63) is 46.7 Å². The lowest BCUT2D eigenvalue weighted by atomic mass is 9.70. The van der Waals surface area contributed by atoms with Gasteiger partial charge in [0, 0.05) is 28.8 Å². The highest BCUT2D eigenvalue weighted by molar-refractivity contribution is 5.93. The van der Waals surface area contributed by atoms with Crippen molar-refractivity contribution in [1.82, 2.24) is 4.98 Å². The van der Waals surface area contributed by atoms with E-state index >= 15 is 0 Å². The molecular weight excluding hydrogens is 369 g/mol. The number of aryl methyl sites for hydroxylation is 1. The number of hydrogen-bond acceptors (Lipinski definition) is 4. The number of nitrogens with two attached hydrogens (primary N) is 1. The molecule has 2 aliphatic rings. The van der Waals surface area contributed by atoms with Gasteiger partial charge < -0.3 is 10.5 Å². The second kappa shape index (κ2) is 6.79. The van der Waals surface area contributed by atoms with Crippen molar-refractivity contribution in [1.29, 1.82) is 0 Å². The molecule has 0 saturated carbocycles. The lowest BCUT2D eigenvalue weighted by molar-refractivity contribution is -0.199. The highest BCUT2D eigenvalue weighted by atomic mass is 19.4. The van der Waals surface area contributed by atoms with E-state index in [1.807, 2.05) is 25.1 Å². The third-order valence-electron chi connectivity index (χ3n) is 5.62. The van der Waals surface area contributed by atoms with Crippen LogP contribution in [0, 0.1) is 12.8 Å². The van der Waals surface area contributed by atoms with Crippen molar-refractivity contribution >= 4 is 22.6 Å². The fraction of sp³-hybridized carbons (Fsp3) is 0.429. The van der Waals surface area contributed by atoms with Gasteiger partial charge >= 0.3 is 12.1 Å². The monoisotopic (exact) mass is 390 g/mol. The van der Waals surface area contributed by atoms with E-state index in [1.165, 1.54) is 0 Å². The number of hydrogen-bond donors (Lipinski definition) is 1. The number of rotatable bonds is 3. The SMILES string of the molecule is Cc1ccc2c(N)c3c(nc2c1)CC1C=C(CCOC(=O)C(F)(F)F)CC3C1. The van der Waals surface area contributed by atoms with Crippen molar-refractivity contribution in [2.75, 3.05) is 12.3 Å². The highest BCUT2D eigenvalue weighted by Crippen LogP contribution is 2.47. The quantitative estimate of drug-likeness (QED) is 0.615. The van der Waals surface area contributed by atoms with Gasteiger partial charge in [0.1, 0.15) is 0 Å². The number of esters is 1. The summed E-state index contributed by atoms with van der Waals surface area (Å²) < 4.78 is 41.1. The summed E-state index contributed by atoms with van der Waals surface area (Å²) in [6.07, 6.45) is -0.0937. The number of carbonyl (C=O) groups excluding carboxylic acids is 1. The Hall–Kier alpha value is -2.57. The minimum atomic E-state index is -4.95. The van der Waals surface area contributed by atoms with Crippen LogP contribution in [0.1, 0.15) is 42.0 Å². The zero-order chi connectivity index (χ0) is 20.1. The van der Waals surface area contributed by atoms with Crippen molar-refractivity contribution < 1.29 is 22.7 Å². The van der Waals surface area contributed by atoms with Crippen molar-refractivity contribution in [3.63, 3.8) is 0 Å². The van der Waals surface area contributed by atoms with Crippen LogP contribution in [0.25, 0.3) is 10.9 Å². The number of halogens is 3. The van der Waals surface area contributed by atoms with Crippen LogP contribution in [0.5, 0.6) is 0 Å². The largest absolute Gasteiger partial charge is 0.490 e. The molecule has 148 valence electrons. The summed E-state index contributed by atoms with van der Waals surface area (Å²) >= 11 is 0. The maximum Gasteiger partial charge on any atom is 0.490 e. The molecule has 4 nitrogen and oxygen atoms in total. The first-order chi connectivity index (χ1) is 13.2. The number of allylic oxidation sites excluding steroid dienone is 1. The third kappa shape index (κ3) is 3.45. The lowest BCUT2D eigenvalue weighted by Crippen LogP contribution is -2.27. The van der Waals surface area contributed by atoms with Gasteiger partial charge in [0.15, 0.2) is 0 Å². The molecule has 2 aromatic rings. The molecule has 2 unspecified atom stereocenters. The number of carbonyl (C=O) groups is 1. The first-order valence-corrected chi connectivity index (χ1v) is 9.34. The molecule has 0 saturated heterocycles. The van der Waals surface area contributed by atoms with Crippen LogP contribution in [-0.2, 0) is 16.0 Å². The summed E-state index contributed by atoms with van der Waals surface area (Å²) in [5, 5.41) is 0.943. The van der Waals surface area contributed by atoms with E-state index in [-0.39, 0.29) is 18.4 Å². The van der Waals surface area contributed by atoms with Gasteiger partial charge in [0.05, 0.1) is 12.1 Å². The van der Waals surface area contributed by atoms with Gasteiger partial charge in [0.2, 0.25) is 0 Å². The van der Waals surface area contributed by atoms with Crippen LogP contribution < -0.4 is 5.73 Å². The summed E-state index contributed by atoms with van der Waals surface area (Å²) in [7, 11) is 0. The molecule has 0 spiro atoms. The van der Waals surface area contributed by atoms with E-state index in [9.17, 15) is 18.0 Å². The Kier molecular flexibility index (Phi) is 4.56. The van der Waals surface area contributed by atoms with E-state index in [0.717, 1.165) is 51.8 Å². The predicted molar refractivity (Wildman–Crippen MR) is 99.8 cm³/mol. The number of benzene rings is 1. The summed E-state index contributed by atoms with van der Waals surface area (Å²) in [6.45, 7) is 1.76. The number of anilines is 1. The summed E-state index contributed by atoms with van der Waals surface area (Å²) in [6, 6.07) is 6.04. The van der Waals surface area contributed by atoms with Crippen LogP contribution in [0.15, 0.2) is 29.8 Å². The second-order valence-electron chi connectivity index (χ2n) is 7.72. The van der Waals surface area contributed by atoms with Crippen molar-refractivity contribution in [2.24, 2.45) is 5.92 Å². The van der Waals surface area contributed by atoms with Crippen LogP contribution in [0.4, 0.5) is 18.9 Å². The standard InChI is InChI=1S/C21H21F3N2O2/c1-11-2-3-15-16(6-11)26-17-10-13-7-12(4-5-28-20(27)21(22,23)24)8-14(9-13)18(17)19(15)25/h2-3,6-7,13-14H,4-5,8-10H2,1H3,(H2,25,26). The molecule has 2 aliphatic carbocycles. The van der Waals surface area contributed by atoms with Gasteiger partial charge in [-0.2, -0.15) is 13.2 Å². The van der Waals surface area contributed by atoms with Gasteiger partial charge in [-0.25, -0.2) is 4.79 Å². The van der Waals surface area contributed by atoms with Gasteiger partial charge in [-0.1, -0.05) is 23.8 Å². The van der Waals surface area contributed by atoms with Crippen molar-refractivity contribution in [2.45, 2.75) is 44.7 Å².